The maximum Gasteiger partial charge on any atom is 0.328 e. The molecule has 0 heterocycles. The van der Waals surface area contributed by atoms with Gasteiger partial charge in [0.1, 0.15) is 11.8 Å². The molecule has 1 N–H and O–H groups in total. The third kappa shape index (κ3) is 5.26. The van der Waals surface area contributed by atoms with Gasteiger partial charge < -0.3 is 9.84 Å². The molecule has 1 unspecified atom stereocenters. The number of hydrogen-bond donors (Lipinski definition) is 1. The highest BCUT2D eigenvalue weighted by molar-refractivity contribution is 9.10. The number of carboxylic acid groups (broad SMARTS) is 1. The Labute approximate surface area is 138 Å². The van der Waals surface area contributed by atoms with Crippen LogP contribution in [0.4, 0.5) is 0 Å². The van der Waals surface area contributed by atoms with E-state index in [1.807, 2.05) is 0 Å². The number of carbonyl (C=O) groups is 2. The molecule has 0 saturated heterocycles. The molecule has 0 radical (unpaired) electrons. The fourth-order valence-corrected chi connectivity index (χ4v) is 2.00. The van der Waals surface area contributed by atoms with E-state index in [0.717, 1.165) is 4.47 Å². The van der Waals surface area contributed by atoms with Crippen molar-refractivity contribution < 1.29 is 19.4 Å². The summed E-state index contributed by atoms with van der Waals surface area (Å²) in [6.07, 6.45) is 1.44. The first-order valence-electron chi connectivity index (χ1n) is 6.99. The molecule has 0 aliphatic heterocycles. The molecule has 0 aliphatic rings. The number of hydrogen-bond acceptors (Lipinski definition) is 4. The Balaban J connectivity index is 3.09. The quantitative estimate of drug-likeness (QED) is 0.472. The molecule has 0 bridgehead atoms. The van der Waals surface area contributed by atoms with Crippen LogP contribution in [0.3, 0.4) is 0 Å². The minimum Gasteiger partial charge on any atom is -0.480 e. The second-order valence-corrected chi connectivity index (χ2v) is 6.48. The molecule has 1 aromatic carbocycles. The second kappa shape index (κ2) is 8.08. The summed E-state index contributed by atoms with van der Waals surface area (Å²) < 4.78 is 6.10. The number of rotatable bonds is 6. The molecule has 0 aliphatic carbocycles. The molecule has 22 heavy (non-hydrogen) atoms. The second-order valence-electron chi connectivity index (χ2n) is 5.56. The lowest BCUT2D eigenvalue weighted by Gasteiger charge is -2.12. The van der Waals surface area contributed by atoms with Crippen molar-refractivity contribution in [3.63, 3.8) is 0 Å². The number of nitrogens with zero attached hydrogens (tertiary/aromatic N) is 1. The van der Waals surface area contributed by atoms with Gasteiger partial charge in [0, 0.05) is 16.3 Å². The van der Waals surface area contributed by atoms with Gasteiger partial charge in [0.2, 0.25) is 0 Å². The van der Waals surface area contributed by atoms with E-state index in [1.54, 1.807) is 45.9 Å². The fraction of sp³-hybridized carbons (Fsp3) is 0.438. The summed E-state index contributed by atoms with van der Waals surface area (Å²) in [6.45, 7) is 7.07. The summed E-state index contributed by atoms with van der Waals surface area (Å²) >= 11 is 3.34. The van der Waals surface area contributed by atoms with Gasteiger partial charge in [-0.3, -0.25) is 9.79 Å². The fourth-order valence-electron chi connectivity index (χ4n) is 1.62. The van der Waals surface area contributed by atoms with Gasteiger partial charge in [0.25, 0.3) is 0 Å². The topological polar surface area (TPSA) is 76.0 Å². The van der Waals surface area contributed by atoms with Crippen LogP contribution in [0.25, 0.3) is 0 Å². The van der Waals surface area contributed by atoms with Crippen molar-refractivity contribution in [3.05, 3.63) is 28.2 Å². The van der Waals surface area contributed by atoms with E-state index in [-0.39, 0.29) is 17.8 Å². The van der Waals surface area contributed by atoms with Crippen LogP contribution in [-0.2, 0) is 9.59 Å². The molecule has 120 valence electrons. The molecule has 1 rings (SSSR count). The van der Waals surface area contributed by atoms with Crippen LogP contribution >= 0.6 is 15.9 Å². The predicted octanol–water partition coefficient (Wildman–Crippen LogP) is 3.54. The number of aliphatic carboxylic acids is 1. The Hall–Kier alpha value is -1.69. The van der Waals surface area contributed by atoms with Crippen LogP contribution in [0.2, 0.25) is 0 Å². The summed E-state index contributed by atoms with van der Waals surface area (Å²) in [4.78, 5) is 27.0. The zero-order chi connectivity index (χ0) is 16.9. The molecule has 1 aromatic rings. The summed E-state index contributed by atoms with van der Waals surface area (Å²) in [5.41, 5.74) is 0.551. The highest BCUT2D eigenvalue weighted by Crippen LogP contribution is 2.23. The maximum absolute atomic E-state index is 11.7. The summed E-state index contributed by atoms with van der Waals surface area (Å²) in [7, 11) is 0. The Morgan fingerprint density at radius 2 is 1.91 bits per heavy atom. The van der Waals surface area contributed by atoms with E-state index in [4.69, 9.17) is 9.84 Å². The normalized spacial score (nSPS) is 12.9. The van der Waals surface area contributed by atoms with Crippen LogP contribution in [0, 0.1) is 11.8 Å². The van der Waals surface area contributed by atoms with Crippen molar-refractivity contribution in [2.45, 2.75) is 33.7 Å². The van der Waals surface area contributed by atoms with Gasteiger partial charge in [-0.15, -0.1) is 0 Å². The van der Waals surface area contributed by atoms with Gasteiger partial charge in [-0.05, 0) is 24.1 Å². The molecule has 0 amide bonds. The van der Waals surface area contributed by atoms with E-state index in [2.05, 4.69) is 20.9 Å². The van der Waals surface area contributed by atoms with Gasteiger partial charge in [0.05, 0.1) is 5.92 Å². The van der Waals surface area contributed by atoms with Crippen molar-refractivity contribution in [1.82, 2.24) is 0 Å². The Morgan fingerprint density at radius 1 is 1.27 bits per heavy atom. The molecule has 0 spiro atoms. The third-order valence-electron chi connectivity index (χ3n) is 2.91. The van der Waals surface area contributed by atoms with Crippen molar-refractivity contribution in [3.8, 4) is 5.75 Å². The Bertz CT molecular complexity index is 582. The molecule has 6 heteroatoms. The monoisotopic (exact) mass is 369 g/mol. The molecule has 0 aromatic heterocycles. The van der Waals surface area contributed by atoms with Gasteiger partial charge in [-0.1, -0.05) is 43.6 Å². The van der Waals surface area contributed by atoms with E-state index in [1.165, 1.54) is 6.21 Å². The first kappa shape index (κ1) is 18.4. The lowest BCUT2D eigenvalue weighted by Crippen LogP contribution is -2.24. The van der Waals surface area contributed by atoms with Crippen molar-refractivity contribution >= 4 is 34.1 Å². The molecular formula is C16H20BrNO4. The smallest absolute Gasteiger partial charge is 0.328 e. The maximum atomic E-state index is 11.7. The lowest BCUT2D eigenvalue weighted by molar-refractivity contribution is -0.139. The predicted molar refractivity (Wildman–Crippen MR) is 88.5 cm³/mol. The van der Waals surface area contributed by atoms with Gasteiger partial charge >= 0.3 is 11.9 Å². The van der Waals surface area contributed by atoms with Crippen LogP contribution < -0.4 is 4.74 Å². The zero-order valence-electron chi connectivity index (χ0n) is 13.0. The number of benzene rings is 1. The molecule has 0 fully saturated rings. The number of halogens is 1. The largest absolute Gasteiger partial charge is 0.480 e. The molecule has 1 atom stereocenters. The Kier molecular flexibility index (Phi) is 6.74. The molecule has 0 saturated carbocycles. The summed E-state index contributed by atoms with van der Waals surface area (Å²) in [6, 6.07) is 4.28. The van der Waals surface area contributed by atoms with Crippen molar-refractivity contribution in [2.75, 3.05) is 0 Å². The van der Waals surface area contributed by atoms with E-state index in [0.29, 0.717) is 11.3 Å². The molecular weight excluding hydrogens is 350 g/mol. The number of aliphatic imine (C=N–C) groups is 1. The van der Waals surface area contributed by atoms with Crippen molar-refractivity contribution in [2.24, 2.45) is 16.8 Å². The van der Waals surface area contributed by atoms with Crippen LogP contribution in [0.5, 0.6) is 5.75 Å². The van der Waals surface area contributed by atoms with E-state index in [9.17, 15) is 9.59 Å². The highest BCUT2D eigenvalue weighted by Gasteiger charge is 2.20. The van der Waals surface area contributed by atoms with E-state index >= 15 is 0 Å². The van der Waals surface area contributed by atoms with Crippen LogP contribution in [-0.4, -0.2) is 29.3 Å². The van der Waals surface area contributed by atoms with E-state index < -0.39 is 12.0 Å². The van der Waals surface area contributed by atoms with Gasteiger partial charge in [0.15, 0.2) is 0 Å². The van der Waals surface area contributed by atoms with Gasteiger partial charge in [-0.25, -0.2) is 4.79 Å². The first-order chi connectivity index (χ1) is 10.2. The average molecular weight is 370 g/mol. The summed E-state index contributed by atoms with van der Waals surface area (Å²) in [5.74, 6) is -1.37. The SMILES string of the molecule is CC(C)C(=O)Oc1ccc(Br)cc1C=NC(C(=O)O)C(C)C. The van der Waals surface area contributed by atoms with Crippen LogP contribution in [0.1, 0.15) is 33.3 Å². The zero-order valence-corrected chi connectivity index (χ0v) is 14.6. The first-order valence-corrected chi connectivity index (χ1v) is 7.79. The Morgan fingerprint density at radius 3 is 2.41 bits per heavy atom. The van der Waals surface area contributed by atoms with Crippen LogP contribution in [0.15, 0.2) is 27.7 Å². The molecule has 5 nitrogen and oxygen atoms in total. The third-order valence-corrected chi connectivity index (χ3v) is 3.41. The number of carboxylic acids is 1. The lowest BCUT2D eigenvalue weighted by atomic mass is 10.1. The van der Waals surface area contributed by atoms with Gasteiger partial charge in [-0.2, -0.15) is 0 Å². The average Bonchev–Trinajstić information content (AvgIpc) is 2.40. The van der Waals surface area contributed by atoms with Crippen molar-refractivity contribution in [1.29, 1.82) is 0 Å². The minimum absolute atomic E-state index is 0.137. The number of carbonyl (C=O) groups excluding carboxylic acids is 1. The number of esters is 1. The standard InChI is InChI=1S/C16H20BrNO4/c1-9(2)14(15(19)20)18-8-11-7-12(17)5-6-13(11)22-16(21)10(3)4/h5-10,14H,1-4H3,(H,19,20). The summed E-state index contributed by atoms with van der Waals surface area (Å²) in [5, 5.41) is 9.16. The highest BCUT2D eigenvalue weighted by atomic mass is 79.9. The minimum atomic E-state index is -0.984. The number of ether oxygens (including phenoxy) is 1.